The third-order valence-corrected chi connectivity index (χ3v) is 5.70. The van der Waals surface area contributed by atoms with E-state index in [1.807, 2.05) is 12.1 Å². The van der Waals surface area contributed by atoms with Gasteiger partial charge >= 0.3 is 5.97 Å². The van der Waals surface area contributed by atoms with Gasteiger partial charge in [-0.15, -0.1) is 0 Å². The van der Waals surface area contributed by atoms with Gasteiger partial charge in [-0.05, 0) is 58.0 Å². The van der Waals surface area contributed by atoms with E-state index in [9.17, 15) is 4.79 Å². The summed E-state index contributed by atoms with van der Waals surface area (Å²) in [5.41, 5.74) is 4.60. The van der Waals surface area contributed by atoms with Crippen molar-refractivity contribution in [1.29, 1.82) is 0 Å². The van der Waals surface area contributed by atoms with E-state index in [2.05, 4.69) is 61.7 Å². The summed E-state index contributed by atoms with van der Waals surface area (Å²) in [6.45, 7) is 4.49. The Kier molecular flexibility index (Phi) is 5.27. The van der Waals surface area contributed by atoms with Gasteiger partial charge < -0.3 is 10.4 Å². The molecular weight excluding hydrogens is 390 g/mol. The Labute approximate surface area is 181 Å². The third kappa shape index (κ3) is 4.05. The molecule has 1 aliphatic rings. The monoisotopic (exact) mass is 413 g/mol. The number of carbonyl (C=O) groups is 1. The fourth-order valence-corrected chi connectivity index (χ4v) is 4.20. The molecule has 0 aliphatic heterocycles. The van der Waals surface area contributed by atoms with Gasteiger partial charge in [0.15, 0.2) is 0 Å². The van der Waals surface area contributed by atoms with E-state index in [1.165, 1.54) is 11.1 Å². The zero-order valence-corrected chi connectivity index (χ0v) is 17.8. The molecule has 0 heterocycles. The number of hydrogen-bond donors (Lipinski definition) is 2. The first-order valence-corrected chi connectivity index (χ1v) is 10.3. The maximum absolute atomic E-state index is 11.1. The Morgan fingerprint density at radius 1 is 1.03 bits per heavy atom. The van der Waals surface area contributed by atoms with Crippen LogP contribution in [-0.4, -0.2) is 16.1 Å². The van der Waals surface area contributed by atoms with Crippen molar-refractivity contribution in [2.75, 3.05) is 5.32 Å². The van der Waals surface area contributed by atoms with Gasteiger partial charge in [0.2, 0.25) is 0 Å². The highest BCUT2D eigenvalue weighted by atomic mass is 32.1. The number of nitrogens with one attached hydrogen (secondary N) is 1. The standard InChI is InChI=1S/C26H23NO2S/c1-26(2)15-5-8-19(16-26)21-9-3-6-17-7-4-10-22(23(17)21)24(30)27-20-13-11-18(12-14-20)25(28)29/h3-15H,16H2,1-2H3,(H,27,30)(H,28,29). The molecule has 150 valence electrons. The van der Waals surface area contributed by atoms with Crippen molar-refractivity contribution in [3.8, 4) is 0 Å². The first kappa shape index (κ1) is 20.0. The Morgan fingerprint density at radius 2 is 1.73 bits per heavy atom. The van der Waals surface area contributed by atoms with Crippen LogP contribution in [-0.2, 0) is 0 Å². The molecule has 30 heavy (non-hydrogen) atoms. The molecule has 0 amide bonds. The average molecular weight is 414 g/mol. The van der Waals surface area contributed by atoms with E-state index >= 15 is 0 Å². The summed E-state index contributed by atoms with van der Waals surface area (Å²) >= 11 is 5.76. The minimum absolute atomic E-state index is 0.117. The van der Waals surface area contributed by atoms with Crippen molar-refractivity contribution in [1.82, 2.24) is 0 Å². The predicted molar refractivity (Wildman–Crippen MR) is 128 cm³/mol. The normalized spacial score (nSPS) is 14.9. The van der Waals surface area contributed by atoms with Crippen LogP contribution in [0, 0.1) is 5.41 Å². The molecule has 2 N–H and O–H groups in total. The van der Waals surface area contributed by atoms with Gasteiger partial charge in [0.05, 0.1) is 5.56 Å². The van der Waals surface area contributed by atoms with E-state index in [0.717, 1.165) is 28.4 Å². The van der Waals surface area contributed by atoms with Crippen LogP contribution in [0.3, 0.4) is 0 Å². The SMILES string of the molecule is CC1(C)C=CC=C(c2cccc3cccc(C(=S)Nc4ccc(C(=O)O)cc4)c23)C1. The van der Waals surface area contributed by atoms with Crippen LogP contribution in [0.15, 0.2) is 78.9 Å². The number of allylic oxidation sites excluding steroid dienone is 4. The number of carboxylic acid groups (broad SMARTS) is 1. The van der Waals surface area contributed by atoms with Gasteiger partial charge in [0, 0.05) is 11.3 Å². The Balaban J connectivity index is 1.74. The Bertz CT molecular complexity index is 1200. The van der Waals surface area contributed by atoms with Gasteiger partial charge in [-0.2, -0.15) is 0 Å². The molecule has 0 aromatic heterocycles. The molecular formula is C26H23NO2S. The molecule has 1 aliphatic carbocycles. The molecule has 3 aromatic rings. The molecule has 3 nitrogen and oxygen atoms in total. The average Bonchev–Trinajstić information content (AvgIpc) is 2.72. The highest BCUT2D eigenvalue weighted by molar-refractivity contribution is 7.81. The lowest BCUT2D eigenvalue weighted by Gasteiger charge is -2.26. The highest BCUT2D eigenvalue weighted by Crippen LogP contribution is 2.39. The quantitative estimate of drug-likeness (QED) is 0.468. The second-order valence-corrected chi connectivity index (χ2v) is 8.67. The molecule has 0 fully saturated rings. The summed E-state index contributed by atoms with van der Waals surface area (Å²) in [5.74, 6) is -0.944. The highest BCUT2D eigenvalue weighted by Gasteiger charge is 2.22. The summed E-state index contributed by atoms with van der Waals surface area (Å²) in [6, 6.07) is 19.1. The van der Waals surface area contributed by atoms with Crippen molar-refractivity contribution in [3.05, 3.63) is 95.6 Å². The first-order chi connectivity index (χ1) is 14.3. The fraction of sp³-hybridized carbons (Fsp3) is 0.154. The summed E-state index contributed by atoms with van der Waals surface area (Å²) in [7, 11) is 0. The molecule has 0 saturated carbocycles. The Hall–Kier alpha value is -3.24. The van der Waals surface area contributed by atoms with Gasteiger partial charge in [-0.1, -0.05) is 80.7 Å². The molecule has 0 atom stereocenters. The number of hydrogen-bond acceptors (Lipinski definition) is 2. The molecule has 4 heteroatoms. The summed E-state index contributed by atoms with van der Waals surface area (Å²) in [5, 5.41) is 14.6. The van der Waals surface area contributed by atoms with E-state index < -0.39 is 5.97 Å². The second kappa shape index (κ2) is 7.88. The van der Waals surface area contributed by atoms with E-state index in [-0.39, 0.29) is 11.0 Å². The second-order valence-electron chi connectivity index (χ2n) is 8.26. The van der Waals surface area contributed by atoms with Crippen LogP contribution in [0.25, 0.3) is 16.3 Å². The fourth-order valence-electron chi connectivity index (χ4n) is 3.91. The molecule has 3 aromatic carbocycles. The minimum atomic E-state index is -0.944. The van der Waals surface area contributed by atoms with Gasteiger partial charge in [-0.25, -0.2) is 4.79 Å². The maximum atomic E-state index is 11.1. The van der Waals surface area contributed by atoms with Gasteiger partial charge in [0.1, 0.15) is 4.99 Å². The Morgan fingerprint density at radius 3 is 2.40 bits per heavy atom. The number of rotatable bonds is 4. The van der Waals surface area contributed by atoms with Crippen molar-refractivity contribution in [3.63, 3.8) is 0 Å². The van der Waals surface area contributed by atoms with Crippen LogP contribution >= 0.6 is 12.2 Å². The number of anilines is 1. The molecule has 0 saturated heterocycles. The lowest BCUT2D eigenvalue weighted by Crippen LogP contribution is -2.13. The zero-order valence-electron chi connectivity index (χ0n) is 17.0. The van der Waals surface area contributed by atoms with Crippen molar-refractivity contribution in [2.45, 2.75) is 20.3 Å². The molecule has 0 radical (unpaired) electrons. The molecule has 4 rings (SSSR count). The van der Waals surface area contributed by atoms with Gasteiger partial charge in [-0.3, -0.25) is 0 Å². The van der Waals surface area contributed by atoms with E-state index in [1.54, 1.807) is 24.3 Å². The smallest absolute Gasteiger partial charge is 0.335 e. The van der Waals surface area contributed by atoms with Crippen molar-refractivity contribution >= 4 is 45.2 Å². The largest absolute Gasteiger partial charge is 0.478 e. The van der Waals surface area contributed by atoms with Crippen molar-refractivity contribution < 1.29 is 9.90 Å². The summed E-state index contributed by atoms with van der Waals surface area (Å²) < 4.78 is 0. The van der Waals surface area contributed by atoms with E-state index in [0.29, 0.717) is 4.99 Å². The number of carboxylic acids is 1. The van der Waals surface area contributed by atoms with Crippen LogP contribution < -0.4 is 5.32 Å². The first-order valence-electron chi connectivity index (χ1n) is 9.89. The zero-order chi connectivity index (χ0) is 21.3. The van der Waals surface area contributed by atoms with Crippen LogP contribution in [0.4, 0.5) is 5.69 Å². The number of benzene rings is 3. The third-order valence-electron chi connectivity index (χ3n) is 5.38. The lowest BCUT2D eigenvalue weighted by molar-refractivity contribution is 0.0697. The van der Waals surface area contributed by atoms with Crippen molar-refractivity contribution in [2.24, 2.45) is 5.41 Å². The summed E-state index contributed by atoms with van der Waals surface area (Å²) in [6.07, 6.45) is 7.54. The van der Waals surface area contributed by atoms with E-state index in [4.69, 9.17) is 17.3 Å². The van der Waals surface area contributed by atoms with Crippen LogP contribution in [0.2, 0.25) is 0 Å². The summed E-state index contributed by atoms with van der Waals surface area (Å²) in [4.78, 5) is 11.7. The molecule has 0 unspecified atom stereocenters. The topological polar surface area (TPSA) is 49.3 Å². The van der Waals surface area contributed by atoms with Crippen LogP contribution in [0.1, 0.15) is 41.8 Å². The predicted octanol–water partition coefficient (Wildman–Crippen LogP) is 6.70. The van der Waals surface area contributed by atoms with Gasteiger partial charge in [0.25, 0.3) is 0 Å². The molecule has 0 spiro atoms. The minimum Gasteiger partial charge on any atom is -0.478 e. The van der Waals surface area contributed by atoms with Crippen LogP contribution in [0.5, 0.6) is 0 Å². The molecule has 0 bridgehead atoms. The number of thiocarbonyl (C=S) groups is 1. The number of aromatic carboxylic acids is 1. The number of fused-ring (bicyclic) bond motifs is 1. The maximum Gasteiger partial charge on any atom is 0.335 e. The lowest BCUT2D eigenvalue weighted by atomic mass is 9.79.